The Morgan fingerprint density at radius 2 is 2.20 bits per heavy atom. The molecule has 1 amide bonds. The maximum atomic E-state index is 12.7. The van der Waals surface area contributed by atoms with Crippen molar-refractivity contribution in [2.75, 3.05) is 5.32 Å². The normalized spacial score (nSPS) is 17.4. The summed E-state index contributed by atoms with van der Waals surface area (Å²) >= 11 is 4.96. The van der Waals surface area contributed by atoms with Crippen LogP contribution in [0.25, 0.3) is 0 Å². The first-order valence-electron chi connectivity index (χ1n) is 7.09. The molecule has 1 fully saturated rings. The van der Waals surface area contributed by atoms with Crippen LogP contribution in [0.5, 0.6) is 0 Å². The molecule has 0 radical (unpaired) electrons. The van der Waals surface area contributed by atoms with Gasteiger partial charge in [0.15, 0.2) is 0 Å². The van der Waals surface area contributed by atoms with E-state index >= 15 is 0 Å². The number of hydrogen-bond donors (Lipinski definition) is 3. The predicted octanol–water partition coefficient (Wildman–Crippen LogP) is 2.59. The van der Waals surface area contributed by atoms with Crippen molar-refractivity contribution in [3.63, 3.8) is 0 Å². The number of carbonyl (C=O) groups excluding carboxylic acids is 1. The second kappa shape index (κ2) is 5.91. The van der Waals surface area contributed by atoms with Gasteiger partial charge in [0.1, 0.15) is 10.8 Å². The van der Waals surface area contributed by atoms with Crippen LogP contribution in [0.1, 0.15) is 51.5 Å². The van der Waals surface area contributed by atoms with E-state index in [0.717, 1.165) is 32.1 Å². The second-order valence-corrected chi connectivity index (χ2v) is 6.50. The van der Waals surface area contributed by atoms with E-state index in [4.69, 9.17) is 18.0 Å². The molecule has 110 valence electrons. The summed E-state index contributed by atoms with van der Waals surface area (Å²) in [5.41, 5.74) is 5.95. The summed E-state index contributed by atoms with van der Waals surface area (Å²) in [6, 6.07) is 0. The Morgan fingerprint density at radius 1 is 1.55 bits per heavy atom. The summed E-state index contributed by atoms with van der Waals surface area (Å²) in [5, 5.41) is 9.60. The quantitative estimate of drug-likeness (QED) is 0.729. The molecule has 1 aliphatic rings. The first-order valence-corrected chi connectivity index (χ1v) is 7.50. The van der Waals surface area contributed by atoms with E-state index in [1.54, 1.807) is 6.20 Å². The lowest BCUT2D eigenvalue weighted by atomic mass is 9.77. The lowest BCUT2D eigenvalue weighted by Crippen LogP contribution is -2.35. The molecule has 0 unspecified atom stereocenters. The van der Waals surface area contributed by atoms with Gasteiger partial charge >= 0.3 is 0 Å². The highest BCUT2D eigenvalue weighted by atomic mass is 32.1. The standard InChI is InChI=1S/C14H22N4OS/c1-9(2)7-14(5-3-4-6-14)13(19)17-12-10(11(15)20)8-16-18-12/h8-9H,3-7H2,1-2H3,(H2,15,20)(H2,16,17,18,19). The van der Waals surface area contributed by atoms with Gasteiger partial charge < -0.3 is 11.1 Å². The molecule has 0 aromatic carbocycles. The zero-order valence-electron chi connectivity index (χ0n) is 12.0. The maximum absolute atomic E-state index is 12.7. The van der Waals surface area contributed by atoms with Crippen molar-refractivity contribution in [3.05, 3.63) is 11.8 Å². The zero-order chi connectivity index (χ0) is 14.8. The number of anilines is 1. The Hall–Kier alpha value is -1.43. The minimum Gasteiger partial charge on any atom is -0.389 e. The van der Waals surface area contributed by atoms with Crippen LogP contribution in [0, 0.1) is 11.3 Å². The highest BCUT2D eigenvalue weighted by Gasteiger charge is 2.41. The number of aromatic amines is 1. The van der Waals surface area contributed by atoms with Gasteiger partial charge in [0.2, 0.25) is 5.91 Å². The number of nitrogens with one attached hydrogen (secondary N) is 2. The van der Waals surface area contributed by atoms with Crippen LogP contribution in [0.15, 0.2) is 6.20 Å². The lowest BCUT2D eigenvalue weighted by molar-refractivity contribution is -0.126. The average Bonchev–Trinajstić information content (AvgIpc) is 2.97. The van der Waals surface area contributed by atoms with Crippen molar-refractivity contribution >= 4 is 28.9 Å². The van der Waals surface area contributed by atoms with Gasteiger partial charge in [-0.1, -0.05) is 38.9 Å². The summed E-state index contributed by atoms with van der Waals surface area (Å²) in [6.07, 6.45) is 6.59. The summed E-state index contributed by atoms with van der Waals surface area (Å²) in [7, 11) is 0. The molecule has 1 aromatic heterocycles. The predicted molar refractivity (Wildman–Crippen MR) is 83.5 cm³/mol. The average molecular weight is 294 g/mol. The van der Waals surface area contributed by atoms with Gasteiger partial charge in [-0.2, -0.15) is 5.10 Å². The van der Waals surface area contributed by atoms with Crippen molar-refractivity contribution in [3.8, 4) is 0 Å². The number of nitrogens with zero attached hydrogens (tertiary/aromatic N) is 1. The van der Waals surface area contributed by atoms with Crippen LogP contribution in [-0.4, -0.2) is 21.1 Å². The molecular formula is C14H22N4OS. The molecular weight excluding hydrogens is 272 g/mol. The van der Waals surface area contributed by atoms with Gasteiger partial charge in [-0.3, -0.25) is 9.89 Å². The Kier molecular flexibility index (Phi) is 4.42. The fourth-order valence-corrected chi connectivity index (χ4v) is 3.33. The number of carbonyl (C=O) groups is 1. The summed E-state index contributed by atoms with van der Waals surface area (Å²) in [6.45, 7) is 4.31. The van der Waals surface area contributed by atoms with E-state index in [1.807, 2.05) is 0 Å². The largest absolute Gasteiger partial charge is 0.389 e. The Labute approximate surface area is 124 Å². The van der Waals surface area contributed by atoms with Gasteiger partial charge in [-0.25, -0.2) is 0 Å². The molecule has 4 N–H and O–H groups in total. The molecule has 1 saturated carbocycles. The van der Waals surface area contributed by atoms with Gasteiger partial charge in [0, 0.05) is 5.41 Å². The third kappa shape index (κ3) is 3.00. The number of thiocarbonyl (C=S) groups is 1. The highest BCUT2D eigenvalue weighted by molar-refractivity contribution is 7.80. The van der Waals surface area contributed by atoms with Crippen LogP contribution >= 0.6 is 12.2 Å². The van der Waals surface area contributed by atoms with E-state index in [1.165, 1.54) is 0 Å². The Bertz CT molecular complexity index is 503. The Balaban J connectivity index is 2.17. The summed E-state index contributed by atoms with van der Waals surface area (Å²) < 4.78 is 0. The minimum atomic E-state index is -0.257. The number of H-pyrrole nitrogens is 1. The van der Waals surface area contributed by atoms with Crippen molar-refractivity contribution in [2.45, 2.75) is 46.0 Å². The fraction of sp³-hybridized carbons (Fsp3) is 0.643. The van der Waals surface area contributed by atoms with Gasteiger partial charge in [-0.05, 0) is 25.2 Å². The Morgan fingerprint density at radius 3 is 2.75 bits per heavy atom. The molecule has 0 spiro atoms. The molecule has 1 aliphatic carbocycles. The van der Waals surface area contributed by atoms with Crippen LogP contribution in [0.4, 0.5) is 5.82 Å². The minimum absolute atomic E-state index is 0.0606. The van der Waals surface area contributed by atoms with Crippen LogP contribution in [0.3, 0.4) is 0 Å². The van der Waals surface area contributed by atoms with Gasteiger partial charge in [0.05, 0.1) is 11.8 Å². The number of amides is 1. The first kappa shape index (κ1) is 15.0. The third-order valence-electron chi connectivity index (χ3n) is 3.98. The molecule has 0 aliphatic heterocycles. The molecule has 0 bridgehead atoms. The van der Waals surface area contributed by atoms with Crippen molar-refractivity contribution in [2.24, 2.45) is 17.1 Å². The number of aromatic nitrogens is 2. The molecule has 5 nitrogen and oxygen atoms in total. The third-order valence-corrected chi connectivity index (χ3v) is 4.20. The second-order valence-electron chi connectivity index (χ2n) is 6.06. The smallest absolute Gasteiger partial charge is 0.231 e. The zero-order valence-corrected chi connectivity index (χ0v) is 12.8. The first-order chi connectivity index (χ1) is 9.44. The van der Waals surface area contributed by atoms with Crippen LogP contribution < -0.4 is 11.1 Å². The monoisotopic (exact) mass is 294 g/mol. The summed E-state index contributed by atoms with van der Waals surface area (Å²) in [4.78, 5) is 12.9. The van der Waals surface area contributed by atoms with E-state index in [2.05, 4.69) is 29.4 Å². The topological polar surface area (TPSA) is 83.8 Å². The molecule has 0 saturated heterocycles. The molecule has 1 aromatic rings. The van der Waals surface area contributed by atoms with E-state index in [0.29, 0.717) is 17.3 Å². The molecule has 20 heavy (non-hydrogen) atoms. The summed E-state index contributed by atoms with van der Waals surface area (Å²) in [5.74, 6) is 1.07. The molecule has 0 atom stereocenters. The van der Waals surface area contributed by atoms with E-state index in [9.17, 15) is 4.79 Å². The molecule has 1 heterocycles. The van der Waals surface area contributed by atoms with Crippen LogP contribution in [-0.2, 0) is 4.79 Å². The van der Waals surface area contributed by atoms with Crippen molar-refractivity contribution in [1.29, 1.82) is 0 Å². The van der Waals surface area contributed by atoms with Gasteiger partial charge in [-0.15, -0.1) is 0 Å². The van der Waals surface area contributed by atoms with Crippen molar-refractivity contribution in [1.82, 2.24) is 10.2 Å². The SMILES string of the molecule is CC(C)CC1(C(=O)Nc2[nH]ncc2C(N)=S)CCCC1. The number of rotatable bonds is 5. The van der Waals surface area contributed by atoms with Crippen molar-refractivity contribution < 1.29 is 4.79 Å². The molecule has 2 rings (SSSR count). The number of nitrogens with two attached hydrogens (primary N) is 1. The van der Waals surface area contributed by atoms with Crippen LogP contribution in [0.2, 0.25) is 0 Å². The van der Waals surface area contributed by atoms with E-state index < -0.39 is 0 Å². The lowest BCUT2D eigenvalue weighted by Gasteiger charge is -2.29. The van der Waals surface area contributed by atoms with Gasteiger partial charge in [0.25, 0.3) is 0 Å². The highest BCUT2D eigenvalue weighted by Crippen LogP contribution is 2.44. The fourth-order valence-electron chi connectivity index (χ4n) is 3.17. The molecule has 6 heteroatoms. The van der Waals surface area contributed by atoms with E-state index in [-0.39, 0.29) is 16.3 Å². The maximum Gasteiger partial charge on any atom is 0.231 e. The number of hydrogen-bond acceptors (Lipinski definition) is 3.